The number of likely N-dealkylation sites (N-methyl/N-ethyl adjacent to an activating group) is 1. The summed E-state index contributed by atoms with van der Waals surface area (Å²) in [6, 6.07) is 13.9. The molecule has 2 rings (SSSR count). The number of allylic oxidation sites excluding steroid dienone is 2. The summed E-state index contributed by atoms with van der Waals surface area (Å²) >= 11 is 0. The minimum atomic E-state index is 0.663. The Balaban J connectivity index is 2.34. The molecule has 0 aromatic heterocycles. The first-order valence-electron chi connectivity index (χ1n) is 8.32. The van der Waals surface area contributed by atoms with Crippen molar-refractivity contribution in [2.75, 3.05) is 14.2 Å². The molecule has 26 heavy (non-hydrogen) atoms. The van der Waals surface area contributed by atoms with Gasteiger partial charge in [-0.2, -0.15) is 4.89 Å². The monoisotopic (exact) mass is 351 g/mol. The van der Waals surface area contributed by atoms with Crippen LogP contribution in [0.4, 0.5) is 5.69 Å². The zero-order valence-electron chi connectivity index (χ0n) is 15.6. The molecule has 0 atom stereocenters. The van der Waals surface area contributed by atoms with E-state index in [4.69, 9.17) is 20.5 Å². The van der Waals surface area contributed by atoms with Gasteiger partial charge in [-0.05, 0) is 72.7 Å². The van der Waals surface area contributed by atoms with Crippen molar-refractivity contribution in [1.82, 2.24) is 5.32 Å². The fourth-order valence-electron chi connectivity index (χ4n) is 2.52. The van der Waals surface area contributed by atoms with Crippen LogP contribution < -0.4 is 15.9 Å². The second kappa shape index (κ2) is 9.44. The van der Waals surface area contributed by atoms with Crippen molar-refractivity contribution in [3.8, 4) is 16.9 Å². The van der Waals surface area contributed by atoms with Crippen LogP contribution in [-0.2, 0) is 4.89 Å². The van der Waals surface area contributed by atoms with Gasteiger partial charge >= 0.3 is 0 Å². The maximum atomic E-state index is 5.39. The zero-order chi connectivity index (χ0) is 18.9. The fourth-order valence-corrected chi connectivity index (χ4v) is 2.52. The molecular weight excluding hydrogens is 326 g/mol. The van der Waals surface area contributed by atoms with Crippen LogP contribution >= 0.6 is 0 Å². The van der Waals surface area contributed by atoms with Crippen molar-refractivity contribution in [2.24, 2.45) is 10.7 Å². The van der Waals surface area contributed by atoms with E-state index in [1.807, 2.05) is 63.4 Å². The molecule has 0 spiro atoms. The molecule has 2 aromatic rings. The summed E-state index contributed by atoms with van der Waals surface area (Å²) in [5.74, 6) is 1.46. The number of benzene rings is 2. The summed E-state index contributed by atoms with van der Waals surface area (Å²) in [4.78, 5) is 14.6. The Kier molecular flexibility index (Phi) is 7.00. The van der Waals surface area contributed by atoms with Crippen LogP contribution in [0.2, 0.25) is 0 Å². The highest BCUT2D eigenvalue weighted by atomic mass is 17.2. The Hall–Kier alpha value is -3.05. The van der Waals surface area contributed by atoms with E-state index in [0.29, 0.717) is 5.75 Å². The van der Waals surface area contributed by atoms with Gasteiger partial charge in [0.05, 0.1) is 12.8 Å². The number of hydrogen-bond acceptors (Lipinski definition) is 4. The van der Waals surface area contributed by atoms with Crippen LogP contribution in [0.5, 0.6) is 5.75 Å². The third-order valence-corrected chi connectivity index (χ3v) is 3.84. The van der Waals surface area contributed by atoms with Crippen molar-refractivity contribution in [3.05, 3.63) is 72.0 Å². The topological polar surface area (TPSA) is 68.9 Å². The second-order valence-electron chi connectivity index (χ2n) is 5.72. The minimum absolute atomic E-state index is 0.663. The minimum Gasteiger partial charge on any atom is -0.405 e. The van der Waals surface area contributed by atoms with E-state index in [9.17, 15) is 0 Å². The molecule has 0 radical (unpaired) electrons. The summed E-state index contributed by atoms with van der Waals surface area (Å²) in [7, 11) is 3.34. The maximum Gasteiger partial charge on any atom is 0.165 e. The normalized spacial score (nSPS) is 12.5. The average molecular weight is 351 g/mol. The van der Waals surface area contributed by atoms with Gasteiger partial charge in [-0.3, -0.25) is 0 Å². The Bertz CT molecular complexity index is 839. The Morgan fingerprint density at radius 3 is 2.58 bits per heavy atom. The number of nitrogens with zero attached hydrogens (tertiary/aromatic N) is 1. The number of nitrogens with one attached hydrogen (secondary N) is 1. The van der Waals surface area contributed by atoms with E-state index in [1.54, 1.807) is 6.08 Å². The van der Waals surface area contributed by atoms with Crippen LogP contribution in [0, 0.1) is 6.92 Å². The van der Waals surface area contributed by atoms with Gasteiger partial charge in [-0.15, -0.1) is 0 Å². The van der Waals surface area contributed by atoms with Crippen LogP contribution in [-0.4, -0.2) is 20.0 Å². The lowest BCUT2D eigenvalue weighted by Crippen LogP contribution is -2.19. The number of amidine groups is 1. The first-order chi connectivity index (χ1) is 12.6. The predicted molar refractivity (Wildman–Crippen MR) is 107 cm³/mol. The molecule has 0 saturated heterocycles. The lowest BCUT2D eigenvalue weighted by atomic mass is 10.0. The molecule has 0 fully saturated rings. The largest absolute Gasteiger partial charge is 0.405 e. The summed E-state index contributed by atoms with van der Waals surface area (Å²) in [5.41, 5.74) is 10.5. The highest BCUT2D eigenvalue weighted by molar-refractivity contribution is 5.99. The molecule has 0 bridgehead atoms. The molecule has 3 N–H and O–H groups in total. The smallest absolute Gasteiger partial charge is 0.165 e. The zero-order valence-corrected chi connectivity index (χ0v) is 15.6. The van der Waals surface area contributed by atoms with Crippen LogP contribution in [0.1, 0.15) is 12.5 Å². The van der Waals surface area contributed by atoms with Crippen LogP contribution in [0.3, 0.4) is 0 Å². The predicted octanol–water partition coefficient (Wildman–Crippen LogP) is 4.27. The van der Waals surface area contributed by atoms with E-state index in [0.717, 1.165) is 33.8 Å². The Labute approximate surface area is 154 Å². The first kappa shape index (κ1) is 19.3. The number of rotatable bonds is 6. The van der Waals surface area contributed by atoms with E-state index >= 15 is 0 Å². The number of aryl methyl sites for hydroxylation is 1. The molecular formula is C21H25N3O2. The van der Waals surface area contributed by atoms with E-state index in [2.05, 4.69) is 11.4 Å². The standard InChI is InChI=1S/C21H25N3O2/c1-15(7-6-12-22)21(23-3)24-20-11-10-18(13-16(20)2)17-8-5-9-19(14-17)26-25-4/h5-14H,22H2,1-4H3,(H,23,24)/b12-6-,15-7+. The molecule has 0 saturated carbocycles. The number of hydrogen-bond donors (Lipinski definition) is 2. The van der Waals surface area contributed by atoms with Gasteiger partial charge in [-0.25, -0.2) is 4.99 Å². The van der Waals surface area contributed by atoms with E-state index < -0.39 is 0 Å². The van der Waals surface area contributed by atoms with Gasteiger partial charge in [0.25, 0.3) is 0 Å². The van der Waals surface area contributed by atoms with Crippen LogP contribution in [0.15, 0.2) is 71.4 Å². The molecule has 136 valence electrons. The molecule has 2 aromatic carbocycles. The van der Waals surface area contributed by atoms with Crippen molar-refractivity contribution < 1.29 is 9.78 Å². The highest BCUT2D eigenvalue weighted by Crippen LogP contribution is 2.29. The van der Waals surface area contributed by atoms with Crippen molar-refractivity contribution >= 4 is 11.5 Å². The molecule has 0 heterocycles. The third kappa shape index (κ3) is 4.97. The molecule has 5 heteroatoms. The Morgan fingerprint density at radius 1 is 1.15 bits per heavy atom. The van der Waals surface area contributed by atoms with Crippen molar-refractivity contribution in [3.63, 3.8) is 0 Å². The molecule has 0 aliphatic heterocycles. The van der Waals surface area contributed by atoms with Gasteiger partial charge in [0.1, 0.15) is 5.84 Å². The summed E-state index contributed by atoms with van der Waals surface area (Å²) in [6.07, 6.45) is 5.20. The summed E-state index contributed by atoms with van der Waals surface area (Å²) < 4.78 is 0. The fraction of sp³-hybridized carbons (Fsp3) is 0.190. The SMILES string of the molecule is CNC(=N\c1ccc(-c2cccc(OOC)c2)cc1C)/C(C)=C/C=C\N. The quantitative estimate of drug-likeness (QED) is 0.268. The molecule has 5 nitrogen and oxygen atoms in total. The van der Waals surface area contributed by atoms with E-state index in [-0.39, 0.29) is 0 Å². The molecule has 0 unspecified atom stereocenters. The van der Waals surface area contributed by atoms with Crippen molar-refractivity contribution in [1.29, 1.82) is 0 Å². The van der Waals surface area contributed by atoms with Gasteiger partial charge in [0, 0.05) is 7.05 Å². The molecule has 0 aliphatic rings. The molecule has 0 aliphatic carbocycles. The van der Waals surface area contributed by atoms with Gasteiger partial charge < -0.3 is 15.9 Å². The Morgan fingerprint density at radius 2 is 1.92 bits per heavy atom. The average Bonchev–Trinajstić information content (AvgIpc) is 2.65. The van der Waals surface area contributed by atoms with Gasteiger partial charge in [-0.1, -0.05) is 24.3 Å². The van der Waals surface area contributed by atoms with Crippen LogP contribution in [0.25, 0.3) is 11.1 Å². The molecule has 0 amide bonds. The van der Waals surface area contributed by atoms with Crippen molar-refractivity contribution in [2.45, 2.75) is 13.8 Å². The maximum absolute atomic E-state index is 5.39. The lowest BCUT2D eigenvalue weighted by Gasteiger charge is -2.10. The third-order valence-electron chi connectivity index (χ3n) is 3.84. The van der Waals surface area contributed by atoms with E-state index in [1.165, 1.54) is 13.3 Å². The van der Waals surface area contributed by atoms with Gasteiger partial charge in [0.15, 0.2) is 5.75 Å². The highest BCUT2D eigenvalue weighted by Gasteiger charge is 2.06. The summed E-state index contributed by atoms with van der Waals surface area (Å²) in [5, 5.41) is 3.13. The second-order valence-corrected chi connectivity index (χ2v) is 5.72. The number of aliphatic imine (C=N–C) groups is 1. The lowest BCUT2D eigenvalue weighted by molar-refractivity contribution is -0.178. The number of nitrogens with two attached hydrogens (primary N) is 1. The first-order valence-corrected chi connectivity index (χ1v) is 8.32. The van der Waals surface area contributed by atoms with Gasteiger partial charge in [0.2, 0.25) is 0 Å². The summed E-state index contributed by atoms with van der Waals surface area (Å²) in [6.45, 7) is 4.03.